The van der Waals surface area contributed by atoms with E-state index in [4.69, 9.17) is 0 Å². The molecule has 78 valence electrons. The fraction of sp³-hybridized carbons (Fsp3) is 0.364. The van der Waals surface area contributed by atoms with Gasteiger partial charge in [-0.15, -0.1) is 0 Å². The molecule has 1 spiro atoms. The number of amides is 1. The Morgan fingerprint density at radius 3 is 2.73 bits per heavy atom. The molecule has 3 N–H and O–H groups in total. The van der Waals surface area contributed by atoms with Crippen LogP contribution in [0.15, 0.2) is 18.2 Å². The van der Waals surface area contributed by atoms with Gasteiger partial charge in [-0.3, -0.25) is 4.79 Å². The first-order chi connectivity index (χ1) is 7.20. The molecule has 4 heteroatoms. The molecule has 0 atom stereocenters. The van der Waals surface area contributed by atoms with E-state index < -0.39 is 0 Å². The van der Waals surface area contributed by atoms with Gasteiger partial charge in [-0.2, -0.15) is 0 Å². The minimum absolute atomic E-state index is 0.0202. The standard InChI is InChI=1S/C11H12N2O2/c14-7-2-3-8-9(6-7)12-10(15)11(13-8)4-1-5-11/h2-3,6,13-14H,1,4-5H2,(H,12,15). The molecule has 0 bridgehead atoms. The molecule has 1 aliphatic carbocycles. The van der Waals surface area contributed by atoms with Crippen LogP contribution in [-0.4, -0.2) is 16.6 Å². The Kier molecular flexibility index (Phi) is 1.52. The van der Waals surface area contributed by atoms with E-state index in [-0.39, 0.29) is 17.2 Å². The SMILES string of the molecule is O=C1Nc2cc(O)ccc2NC12CCC2. The normalized spacial score (nSPS) is 21.2. The average molecular weight is 204 g/mol. The molecule has 1 aromatic rings. The minimum Gasteiger partial charge on any atom is -0.508 e. The van der Waals surface area contributed by atoms with Gasteiger partial charge < -0.3 is 15.7 Å². The number of benzene rings is 1. The van der Waals surface area contributed by atoms with Crippen LogP contribution in [0.3, 0.4) is 0 Å². The third-order valence-electron chi connectivity index (χ3n) is 3.27. The molecule has 4 nitrogen and oxygen atoms in total. The highest BCUT2D eigenvalue weighted by Gasteiger charge is 2.46. The summed E-state index contributed by atoms with van der Waals surface area (Å²) in [5.41, 5.74) is 1.17. The molecule has 1 aromatic carbocycles. The predicted molar refractivity (Wildman–Crippen MR) is 56.9 cm³/mol. The van der Waals surface area contributed by atoms with Crippen LogP contribution in [0.5, 0.6) is 5.75 Å². The highest BCUT2D eigenvalue weighted by atomic mass is 16.3. The van der Waals surface area contributed by atoms with Crippen molar-refractivity contribution in [1.82, 2.24) is 0 Å². The topological polar surface area (TPSA) is 61.4 Å². The lowest BCUT2D eigenvalue weighted by Crippen LogP contribution is -2.57. The summed E-state index contributed by atoms with van der Waals surface area (Å²) in [5.74, 6) is 0.187. The maximum absolute atomic E-state index is 11.8. The van der Waals surface area contributed by atoms with Gasteiger partial charge in [-0.25, -0.2) is 0 Å². The number of hydrogen-bond donors (Lipinski definition) is 3. The number of carbonyl (C=O) groups excluding carboxylic acids is 1. The first-order valence-corrected chi connectivity index (χ1v) is 5.12. The Labute approximate surface area is 87.3 Å². The Balaban J connectivity index is 2.02. The Morgan fingerprint density at radius 1 is 1.27 bits per heavy atom. The summed E-state index contributed by atoms with van der Waals surface area (Å²) in [4.78, 5) is 11.8. The van der Waals surface area contributed by atoms with Crippen molar-refractivity contribution in [2.75, 3.05) is 10.6 Å². The van der Waals surface area contributed by atoms with E-state index in [1.54, 1.807) is 18.2 Å². The molecule has 3 rings (SSSR count). The largest absolute Gasteiger partial charge is 0.508 e. The lowest BCUT2D eigenvalue weighted by molar-refractivity contribution is -0.123. The summed E-state index contributed by atoms with van der Waals surface area (Å²) in [6.45, 7) is 0. The Hall–Kier alpha value is -1.71. The van der Waals surface area contributed by atoms with Gasteiger partial charge >= 0.3 is 0 Å². The molecule has 1 fully saturated rings. The van der Waals surface area contributed by atoms with Crippen molar-refractivity contribution >= 4 is 17.3 Å². The van der Waals surface area contributed by atoms with Crippen molar-refractivity contribution in [2.24, 2.45) is 0 Å². The molecular weight excluding hydrogens is 192 g/mol. The van der Waals surface area contributed by atoms with E-state index in [1.807, 2.05) is 0 Å². The molecule has 0 aromatic heterocycles. The molecular formula is C11H12N2O2. The van der Waals surface area contributed by atoms with Gasteiger partial charge in [0, 0.05) is 6.07 Å². The number of fused-ring (bicyclic) bond motifs is 1. The first kappa shape index (κ1) is 8.59. The highest BCUT2D eigenvalue weighted by molar-refractivity contribution is 6.06. The quantitative estimate of drug-likeness (QED) is 0.563. The number of carbonyl (C=O) groups is 1. The second kappa shape index (κ2) is 2.66. The average Bonchev–Trinajstić information content (AvgIpc) is 2.14. The van der Waals surface area contributed by atoms with Crippen molar-refractivity contribution in [3.05, 3.63) is 18.2 Å². The second-order valence-corrected chi connectivity index (χ2v) is 4.24. The molecule has 1 saturated carbocycles. The zero-order valence-corrected chi connectivity index (χ0v) is 8.21. The lowest BCUT2D eigenvalue weighted by atomic mass is 9.74. The van der Waals surface area contributed by atoms with Crippen molar-refractivity contribution in [1.29, 1.82) is 0 Å². The van der Waals surface area contributed by atoms with E-state index in [0.29, 0.717) is 5.69 Å². The number of phenolic OH excluding ortho intramolecular Hbond substituents is 1. The van der Waals surface area contributed by atoms with E-state index >= 15 is 0 Å². The van der Waals surface area contributed by atoms with Crippen LogP contribution in [0, 0.1) is 0 Å². The number of phenols is 1. The van der Waals surface area contributed by atoms with Crippen LogP contribution in [-0.2, 0) is 4.79 Å². The molecule has 2 aliphatic rings. The summed E-state index contributed by atoms with van der Waals surface area (Å²) < 4.78 is 0. The number of anilines is 2. The zero-order chi connectivity index (χ0) is 10.5. The van der Waals surface area contributed by atoms with Crippen LogP contribution >= 0.6 is 0 Å². The van der Waals surface area contributed by atoms with Crippen LogP contribution in [0.25, 0.3) is 0 Å². The van der Waals surface area contributed by atoms with E-state index in [9.17, 15) is 9.90 Å². The molecule has 0 unspecified atom stereocenters. The van der Waals surface area contributed by atoms with Crippen LogP contribution < -0.4 is 10.6 Å². The van der Waals surface area contributed by atoms with Crippen molar-refractivity contribution < 1.29 is 9.90 Å². The number of aromatic hydroxyl groups is 1. The van der Waals surface area contributed by atoms with Gasteiger partial charge in [0.25, 0.3) is 0 Å². The molecule has 1 amide bonds. The molecule has 15 heavy (non-hydrogen) atoms. The lowest BCUT2D eigenvalue weighted by Gasteiger charge is -2.44. The summed E-state index contributed by atoms with van der Waals surface area (Å²) in [6.07, 6.45) is 2.87. The molecule has 1 heterocycles. The smallest absolute Gasteiger partial charge is 0.250 e. The first-order valence-electron chi connectivity index (χ1n) is 5.12. The zero-order valence-electron chi connectivity index (χ0n) is 8.21. The van der Waals surface area contributed by atoms with Gasteiger partial charge in [0.15, 0.2) is 0 Å². The minimum atomic E-state index is -0.385. The molecule has 0 radical (unpaired) electrons. The van der Waals surface area contributed by atoms with E-state index in [1.165, 1.54) is 0 Å². The van der Waals surface area contributed by atoms with Crippen LogP contribution in [0.1, 0.15) is 19.3 Å². The van der Waals surface area contributed by atoms with Gasteiger partial charge in [0.05, 0.1) is 11.4 Å². The third-order valence-corrected chi connectivity index (χ3v) is 3.27. The fourth-order valence-corrected chi connectivity index (χ4v) is 2.18. The van der Waals surface area contributed by atoms with Crippen molar-refractivity contribution in [3.63, 3.8) is 0 Å². The van der Waals surface area contributed by atoms with Gasteiger partial charge in [-0.1, -0.05) is 0 Å². The summed E-state index contributed by atoms with van der Waals surface area (Å²) in [7, 11) is 0. The number of hydrogen-bond acceptors (Lipinski definition) is 3. The molecule has 0 saturated heterocycles. The van der Waals surface area contributed by atoms with Crippen molar-refractivity contribution in [3.8, 4) is 5.75 Å². The second-order valence-electron chi connectivity index (χ2n) is 4.24. The Bertz CT molecular complexity index is 438. The summed E-state index contributed by atoms with van der Waals surface area (Å²) in [5, 5.41) is 15.4. The van der Waals surface area contributed by atoms with Crippen molar-refractivity contribution in [2.45, 2.75) is 24.8 Å². The van der Waals surface area contributed by atoms with Crippen LogP contribution in [0.2, 0.25) is 0 Å². The van der Waals surface area contributed by atoms with Gasteiger partial charge in [0.2, 0.25) is 5.91 Å². The number of rotatable bonds is 0. The molecule has 1 aliphatic heterocycles. The Morgan fingerprint density at radius 2 is 2.07 bits per heavy atom. The third kappa shape index (κ3) is 1.11. The highest BCUT2D eigenvalue weighted by Crippen LogP contribution is 2.42. The van der Waals surface area contributed by atoms with E-state index in [2.05, 4.69) is 10.6 Å². The summed E-state index contributed by atoms with van der Waals surface area (Å²) >= 11 is 0. The fourth-order valence-electron chi connectivity index (χ4n) is 2.18. The monoisotopic (exact) mass is 204 g/mol. The maximum atomic E-state index is 11.8. The predicted octanol–water partition coefficient (Wildman–Crippen LogP) is 1.68. The number of nitrogens with one attached hydrogen (secondary N) is 2. The van der Waals surface area contributed by atoms with Gasteiger partial charge in [-0.05, 0) is 31.4 Å². The summed E-state index contributed by atoms with van der Waals surface area (Å²) in [6, 6.07) is 4.98. The van der Waals surface area contributed by atoms with E-state index in [0.717, 1.165) is 24.9 Å². The van der Waals surface area contributed by atoms with Gasteiger partial charge in [0.1, 0.15) is 11.3 Å². The maximum Gasteiger partial charge on any atom is 0.250 e. The van der Waals surface area contributed by atoms with Crippen LogP contribution in [0.4, 0.5) is 11.4 Å².